The molecule has 0 saturated heterocycles. The van der Waals surface area contributed by atoms with Crippen LogP contribution in [0.3, 0.4) is 0 Å². The Morgan fingerprint density at radius 3 is 2.92 bits per heavy atom. The standard InChI is InChI=1S/C10H13NO/c1-8-10-5-3-2-4-9(10)6-7-11(8)12/h6-7H,2-5H2,1H3. The van der Waals surface area contributed by atoms with Crippen LogP contribution < -0.4 is 4.73 Å². The summed E-state index contributed by atoms with van der Waals surface area (Å²) >= 11 is 0. The van der Waals surface area contributed by atoms with Crippen molar-refractivity contribution in [3.8, 4) is 0 Å². The van der Waals surface area contributed by atoms with E-state index < -0.39 is 0 Å². The summed E-state index contributed by atoms with van der Waals surface area (Å²) < 4.78 is 0.976. The second-order valence-electron chi connectivity index (χ2n) is 3.44. The maximum atomic E-state index is 11.2. The van der Waals surface area contributed by atoms with E-state index in [1.807, 2.05) is 13.0 Å². The second kappa shape index (κ2) is 2.77. The van der Waals surface area contributed by atoms with Crippen molar-refractivity contribution in [3.63, 3.8) is 0 Å². The van der Waals surface area contributed by atoms with Crippen molar-refractivity contribution in [1.82, 2.24) is 0 Å². The van der Waals surface area contributed by atoms with E-state index in [9.17, 15) is 5.21 Å². The molecular weight excluding hydrogens is 150 g/mol. The van der Waals surface area contributed by atoms with Crippen molar-refractivity contribution in [2.45, 2.75) is 32.6 Å². The van der Waals surface area contributed by atoms with Crippen LogP contribution in [0, 0.1) is 12.1 Å². The zero-order valence-electron chi connectivity index (χ0n) is 7.34. The van der Waals surface area contributed by atoms with Crippen LogP contribution in [-0.2, 0) is 12.8 Å². The molecule has 2 rings (SSSR count). The summed E-state index contributed by atoms with van der Waals surface area (Å²) in [5, 5.41) is 11.2. The fourth-order valence-corrected chi connectivity index (χ4v) is 1.93. The average molecular weight is 163 g/mol. The van der Waals surface area contributed by atoms with Crippen molar-refractivity contribution in [2.75, 3.05) is 0 Å². The molecule has 0 spiro atoms. The van der Waals surface area contributed by atoms with Crippen LogP contribution in [0.25, 0.3) is 0 Å². The molecule has 1 aromatic heterocycles. The van der Waals surface area contributed by atoms with Gasteiger partial charge in [-0.3, -0.25) is 0 Å². The molecule has 0 unspecified atom stereocenters. The summed E-state index contributed by atoms with van der Waals surface area (Å²) in [5.41, 5.74) is 3.57. The predicted molar refractivity (Wildman–Crippen MR) is 46.8 cm³/mol. The highest BCUT2D eigenvalue weighted by atomic mass is 16.5. The Balaban J connectivity index is 2.54. The van der Waals surface area contributed by atoms with Gasteiger partial charge in [0.05, 0.1) is 0 Å². The topological polar surface area (TPSA) is 26.9 Å². The minimum Gasteiger partial charge on any atom is -0.619 e. The number of fused-ring (bicyclic) bond motifs is 1. The Morgan fingerprint density at radius 2 is 2.08 bits per heavy atom. The lowest BCUT2D eigenvalue weighted by atomic mass is 9.91. The molecule has 0 radical (unpaired) electrons. The smallest absolute Gasteiger partial charge is 0.193 e. The van der Waals surface area contributed by atoms with Crippen molar-refractivity contribution >= 4 is 0 Å². The first-order valence-corrected chi connectivity index (χ1v) is 4.49. The van der Waals surface area contributed by atoms with E-state index in [0.29, 0.717) is 0 Å². The van der Waals surface area contributed by atoms with Crippen LogP contribution in [-0.4, -0.2) is 0 Å². The molecule has 2 nitrogen and oxygen atoms in total. The third-order valence-corrected chi connectivity index (χ3v) is 2.69. The fraction of sp³-hybridized carbons (Fsp3) is 0.500. The zero-order chi connectivity index (χ0) is 8.55. The molecule has 0 fully saturated rings. The van der Waals surface area contributed by atoms with Gasteiger partial charge in [0.2, 0.25) is 0 Å². The van der Waals surface area contributed by atoms with E-state index in [2.05, 4.69) is 0 Å². The van der Waals surface area contributed by atoms with Gasteiger partial charge in [-0.05, 0) is 31.2 Å². The highest BCUT2D eigenvalue weighted by Gasteiger charge is 2.15. The van der Waals surface area contributed by atoms with Crippen molar-refractivity contribution in [3.05, 3.63) is 34.3 Å². The first-order valence-electron chi connectivity index (χ1n) is 4.49. The van der Waals surface area contributed by atoms with Gasteiger partial charge < -0.3 is 5.21 Å². The Kier molecular flexibility index (Phi) is 1.75. The lowest BCUT2D eigenvalue weighted by Gasteiger charge is -2.16. The Hall–Kier alpha value is -1.05. The fourth-order valence-electron chi connectivity index (χ4n) is 1.93. The van der Waals surface area contributed by atoms with Crippen LogP contribution in [0.1, 0.15) is 29.7 Å². The Morgan fingerprint density at radius 1 is 1.33 bits per heavy atom. The molecule has 1 aromatic rings. The molecule has 0 bridgehead atoms. The number of rotatable bonds is 0. The lowest BCUT2D eigenvalue weighted by Crippen LogP contribution is -2.32. The highest BCUT2D eigenvalue weighted by molar-refractivity contribution is 5.28. The molecule has 0 saturated carbocycles. The highest BCUT2D eigenvalue weighted by Crippen LogP contribution is 2.21. The van der Waals surface area contributed by atoms with Gasteiger partial charge in [0.15, 0.2) is 11.9 Å². The Bertz CT molecular complexity index is 307. The number of aryl methyl sites for hydroxylation is 1. The van der Waals surface area contributed by atoms with E-state index in [1.54, 1.807) is 6.20 Å². The van der Waals surface area contributed by atoms with Gasteiger partial charge in [0, 0.05) is 18.6 Å². The minimum absolute atomic E-state index is 0.896. The molecule has 0 aliphatic heterocycles. The van der Waals surface area contributed by atoms with E-state index in [0.717, 1.165) is 23.3 Å². The number of nitrogens with zero attached hydrogens (tertiary/aromatic N) is 1. The molecule has 0 aromatic carbocycles. The maximum Gasteiger partial charge on any atom is 0.193 e. The molecule has 0 N–H and O–H groups in total. The summed E-state index contributed by atoms with van der Waals surface area (Å²) in [7, 11) is 0. The summed E-state index contributed by atoms with van der Waals surface area (Å²) in [4.78, 5) is 0. The van der Waals surface area contributed by atoms with E-state index >= 15 is 0 Å². The van der Waals surface area contributed by atoms with E-state index in [1.165, 1.54) is 24.0 Å². The molecule has 1 heterocycles. The van der Waals surface area contributed by atoms with Crippen LogP contribution in [0.15, 0.2) is 12.3 Å². The van der Waals surface area contributed by atoms with Crippen LogP contribution in [0.4, 0.5) is 0 Å². The second-order valence-corrected chi connectivity index (χ2v) is 3.44. The van der Waals surface area contributed by atoms with Gasteiger partial charge in [0.1, 0.15) is 0 Å². The summed E-state index contributed by atoms with van der Waals surface area (Å²) in [6, 6.07) is 1.97. The van der Waals surface area contributed by atoms with Crippen molar-refractivity contribution in [1.29, 1.82) is 0 Å². The third-order valence-electron chi connectivity index (χ3n) is 2.69. The molecule has 12 heavy (non-hydrogen) atoms. The summed E-state index contributed by atoms with van der Waals surface area (Å²) in [5.74, 6) is 0. The van der Waals surface area contributed by atoms with E-state index in [-0.39, 0.29) is 0 Å². The van der Waals surface area contributed by atoms with Gasteiger partial charge in [-0.15, -0.1) is 0 Å². The van der Waals surface area contributed by atoms with Gasteiger partial charge in [-0.1, -0.05) is 0 Å². The molecule has 1 aliphatic carbocycles. The first-order chi connectivity index (χ1) is 5.79. The predicted octanol–water partition coefficient (Wildman–Crippen LogP) is 1.51. The van der Waals surface area contributed by atoms with Crippen LogP contribution >= 0.6 is 0 Å². The Labute approximate surface area is 72.4 Å². The quantitative estimate of drug-likeness (QED) is 0.420. The molecule has 0 amide bonds. The largest absolute Gasteiger partial charge is 0.619 e. The van der Waals surface area contributed by atoms with Gasteiger partial charge >= 0.3 is 0 Å². The monoisotopic (exact) mass is 163 g/mol. The van der Waals surface area contributed by atoms with Crippen molar-refractivity contribution < 1.29 is 4.73 Å². The molecule has 1 aliphatic rings. The number of aromatic nitrogens is 1. The normalized spacial score (nSPS) is 15.8. The maximum absolute atomic E-state index is 11.2. The van der Waals surface area contributed by atoms with Crippen LogP contribution in [0.2, 0.25) is 0 Å². The van der Waals surface area contributed by atoms with Crippen molar-refractivity contribution in [2.24, 2.45) is 0 Å². The van der Waals surface area contributed by atoms with Gasteiger partial charge in [0.25, 0.3) is 0 Å². The molecule has 2 heteroatoms. The van der Waals surface area contributed by atoms with Gasteiger partial charge in [-0.2, -0.15) is 4.73 Å². The first kappa shape index (κ1) is 7.59. The minimum atomic E-state index is 0.896. The van der Waals surface area contributed by atoms with Gasteiger partial charge in [-0.25, -0.2) is 0 Å². The summed E-state index contributed by atoms with van der Waals surface area (Å²) in [6.45, 7) is 1.91. The molecule has 0 atom stereocenters. The summed E-state index contributed by atoms with van der Waals surface area (Å²) in [6.07, 6.45) is 6.37. The molecule has 64 valence electrons. The van der Waals surface area contributed by atoms with E-state index in [4.69, 9.17) is 0 Å². The average Bonchev–Trinajstić information content (AvgIpc) is 2.12. The third kappa shape index (κ3) is 1.07. The number of hydrogen-bond donors (Lipinski definition) is 0. The number of pyridine rings is 1. The zero-order valence-corrected chi connectivity index (χ0v) is 7.34. The number of hydrogen-bond acceptors (Lipinski definition) is 1. The lowest BCUT2D eigenvalue weighted by molar-refractivity contribution is -0.612. The SMILES string of the molecule is Cc1c2c(cc[n+]1[O-])CCCC2. The van der Waals surface area contributed by atoms with Crippen LogP contribution in [0.5, 0.6) is 0 Å². The molecular formula is C10H13NO.